The lowest BCUT2D eigenvalue weighted by Crippen LogP contribution is -2.12. The highest BCUT2D eigenvalue weighted by molar-refractivity contribution is 5.54. The molecule has 2 N–H and O–H groups in total. The second-order valence-electron chi connectivity index (χ2n) is 6.13. The molecule has 0 bridgehead atoms. The van der Waals surface area contributed by atoms with Crippen molar-refractivity contribution in [2.45, 2.75) is 39.5 Å². The predicted octanol–water partition coefficient (Wildman–Crippen LogP) is 4.99. The Morgan fingerprint density at radius 1 is 0.850 bits per heavy atom. The molecule has 2 nitrogen and oxygen atoms in total. The van der Waals surface area contributed by atoms with Gasteiger partial charge < -0.3 is 10.9 Å². The van der Waals surface area contributed by atoms with Crippen LogP contribution in [-0.4, -0.2) is 0 Å². The van der Waals surface area contributed by atoms with Crippen molar-refractivity contribution >= 4 is 11.4 Å². The van der Waals surface area contributed by atoms with Crippen LogP contribution in [0.5, 0.6) is 0 Å². The average molecular weight is 268 g/mol. The van der Waals surface area contributed by atoms with Gasteiger partial charge in [0.15, 0.2) is 0 Å². The highest BCUT2D eigenvalue weighted by Gasteiger charge is 2.12. The summed E-state index contributed by atoms with van der Waals surface area (Å²) in [7, 11) is 0. The Hall–Kier alpha value is -1.96. The van der Waals surface area contributed by atoms with E-state index in [9.17, 15) is 0 Å². The van der Waals surface area contributed by atoms with Crippen molar-refractivity contribution < 1.29 is 0 Å². The zero-order valence-corrected chi connectivity index (χ0v) is 12.8. The van der Waals surface area contributed by atoms with Crippen LogP contribution >= 0.6 is 0 Å². The molecule has 0 heterocycles. The topological polar surface area (TPSA) is 24.1 Å². The SMILES string of the molecule is CCc1cccc(NNc2ccc(C(C)(C)C)cc2)c1. The first-order valence-electron chi connectivity index (χ1n) is 7.20. The molecule has 0 fully saturated rings. The maximum Gasteiger partial charge on any atom is 0.0542 e. The standard InChI is InChI=1S/C18H24N2/c1-5-14-7-6-8-17(13-14)20-19-16-11-9-15(10-12-16)18(2,3)4/h6-13,19-20H,5H2,1-4H3. The van der Waals surface area contributed by atoms with Gasteiger partial charge in [-0.25, -0.2) is 0 Å². The zero-order chi connectivity index (χ0) is 14.6. The molecule has 0 radical (unpaired) electrons. The number of hydrogen-bond acceptors (Lipinski definition) is 2. The molecule has 2 aromatic rings. The quantitative estimate of drug-likeness (QED) is 0.764. The number of benzene rings is 2. The fourth-order valence-corrected chi connectivity index (χ4v) is 2.07. The second kappa shape index (κ2) is 6.00. The second-order valence-corrected chi connectivity index (χ2v) is 6.13. The summed E-state index contributed by atoms with van der Waals surface area (Å²) in [4.78, 5) is 0. The maximum absolute atomic E-state index is 3.24. The summed E-state index contributed by atoms with van der Waals surface area (Å²) in [6.45, 7) is 8.84. The average Bonchev–Trinajstić information content (AvgIpc) is 2.45. The number of rotatable bonds is 4. The monoisotopic (exact) mass is 268 g/mol. The van der Waals surface area contributed by atoms with Crippen LogP contribution in [0.25, 0.3) is 0 Å². The van der Waals surface area contributed by atoms with Gasteiger partial charge in [0, 0.05) is 0 Å². The Labute approximate surface area is 122 Å². The highest BCUT2D eigenvalue weighted by Crippen LogP contribution is 2.23. The lowest BCUT2D eigenvalue weighted by molar-refractivity contribution is 0.590. The van der Waals surface area contributed by atoms with E-state index in [-0.39, 0.29) is 5.41 Å². The molecule has 0 aliphatic rings. The number of aryl methyl sites for hydroxylation is 1. The van der Waals surface area contributed by atoms with Crippen molar-refractivity contribution in [2.24, 2.45) is 0 Å². The van der Waals surface area contributed by atoms with Crippen LogP contribution < -0.4 is 10.9 Å². The molecule has 0 atom stereocenters. The molecule has 2 aromatic carbocycles. The molecule has 0 amide bonds. The summed E-state index contributed by atoms with van der Waals surface area (Å²) in [5.74, 6) is 0. The molecule has 0 spiro atoms. The van der Waals surface area contributed by atoms with Crippen LogP contribution in [0.1, 0.15) is 38.8 Å². The summed E-state index contributed by atoms with van der Waals surface area (Å²) in [5, 5.41) is 0. The first-order valence-corrected chi connectivity index (χ1v) is 7.20. The van der Waals surface area contributed by atoms with Crippen molar-refractivity contribution in [3.8, 4) is 0 Å². The van der Waals surface area contributed by atoms with Crippen LogP contribution in [0.3, 0.4) is 0 Å². The van der Waals surface area contributed by atoms with Crippen LogP contribution in [0.2, 0.25) is 0 Å². The molecule has 2 rings (SSSR count). The molecule has 0 unspecified atom stereocenters. The molecule has 0 saturated heterocycles. The van der Waals surface area contributed by atoms with Crippen molar-refractivity contribution in [3.63, 3.8) is 0 Å². The minimum Gasteiger partial charge on any atom is -0.301 e. The van der Waals surface area contributed by atoms with Crippen LogP contribution in [0.4, 0.5) is 11.4 Å². The Morgan fingerprint density at radius 2 is 1.50 bits per heavy atom. The molecule has 106 valence electrons. The summed E-state index contributed by atoms with van der Waals surface area (Å²) in [6, 6.07) is 17.0. The third kappa shape index (κ3) is 3.77. The number of hydrogen-bond donors (Lipinski definition) is 2. The van der Waals surface area contributed by atoms with Gasteiger partial charge >= 0.3 is 0 Å². The Morgan fingerprint density at radius 3 is 2.10 bits per heavy atom. The van der Waals surface area contributed by atoms with Crippen molar-refractivity contribution in [1.29, 1.82) is 0 Å². The number of hydrazine groups is 1. The molecule has 20 heavy (non-hydrogen) atoms. The lowest BCUT2D eigenvalue weighted by Gasteiger charge is -2.19. The summed E-state index contributed by atoms with van der Waals surface area (Å²) < 4.78 is 0. The van der Waals surface area contributed by atoms with E-state index in [1.807, 2.05) is 0 Å². The third-order valence-corrected chi connectivity index (χ3v) is 3.44. The van der Waals surface area contributed by atoms with Gasteiger partial charge in [0.1, 0.15) is 0 Å². The van der Waals surface area contributed by atoms with E-state index >= 15 is 0 Å². The fourth-order valence-electron chi connectivity index (χ4n) is 2.07. The van der Waals surface area contributed by atoms with Crippen molar-refractivity contribution in [3.05, 3.63) is 59.7 Å². The van der Waals surface area contributed by atoms with Gasteiger partial charge in [0.05, 0.1) is 11.4 Å². The Balaban J connectivity index is 2.00. The van der Waals surface area contributed by atoms with Gasteiger partial charge in [-0.2, -0.15) is 0 Å². The van der Waals surface area contributed by atoms with Crippen molar-refractivity contribution in [2.75, 3.05) is 10.9 Å². The van der Waals surface area contributed by atoms with Gasteiger partial charge in [-0.1, -0.05) is 52.0 Å². The molecular weight excluding hydrogens is 244 g/mol. The van der Waals surface area contributed by atoms with Crippen LogP contribution in [-0.2, 0) is 11.8 Å². The molecule has 0 aliphatic carbocycles. The van der Waals surface area contributed by atoms with Gasteiger partial charge in [-0.3, -0.25) is 0 Å². The fraction of sp³-hybridized carbons (Fsp3) is 0.333. The predicted molar refractivity (Wildman–Crippen MR) is 88.2 cm³/mol. The van der Waals surface area contributed by atoms with Crippen molar-refractivity contribution in [1.82, 2.24) is 0 Å². The zero-order valence-electron chi connectivity index (χ0n) is 12.8. The van der Waals surface area contributed by atoms with E-state index in [2.05, 4.69) is 87.1 Å². The molecule has 2 heteroatoms. The minimum absolute atomic E-state index is 0.196. The van der Waals surface area contributed by atoms with Crippen LogP contribution in [0, 0.1) is 0 Å². The first-order chi connectivity index (χ1) is 9.49. The van der Waals surface area contributed by atoms with Gasteiger partial charge in [-0.15, -0.1) is 0 Å². The largest absolute Gasteiger partial charge is 0.301 e. The molecule has 0 saturated carbocycles. The van der Waals surface area contributed by atoms with Gasteiger partial charge in [0.25, 0.3) is 0 Å². The molecular formula is C18H24N2. The lowest BCUT2D eigenvalue weighted by atomic mass is 9.87. The van der Waals surface area contributed by atoms with E-state index in [1.165, 1.54) is 11.1 Å². The Bertz CT molecular complexity index is 550. The van der Waals surface area contributed by atoms with E-state index in [0.717, 1.165) is 17.8 Å². The highest BCUT2D eigenvalue weighted by atomic mass is 15.4. The first kappa shape index (κ1) is 14.4. The third-order valence-electron chi connectivity index (χ3n) is 3.44. The van der Waals surface area contributed by atoms with E-state index in [0.29, 0.717) is 0 Å². The summed E-state index contributed by atoms with van der Waals surface area (Å²) >= 11 is 0. The summed E-state index contributed by atoms with van der Waals surface area (Å²) in [6.07, 6.45) is 1.05. The van der Waals surface area contributed by atoms with Gasteiger partial charge in [-0.05, 0) is 47.2 Å². The summed E-state index contributed by atoms with van der Waals surface area (Å²) in [5.41, 5.74) is 11.5. The normalized spacial score (nSPS) is 11.2. The smallest absolute Gasteiger partial charge is 0.0542 e. The minimum atomic E-state index is 0.196. The van der Waals surface area contributed by atoms with Gasteiger partial charge in [0.2, 0.25) is 0 Å². The maximum atomic E-state index is 3.24. The van der Waals surface area contributed by atoms with Crippen LogP contribution in [0.15, 0.2) is 48.5 Å². The number of nitrogens with one attached hydrogen (secondary N) is 2. The number of anilines is 2. The molecule has 0 aromatic heterocycles. The van der Waals surface area contributed by atoms with E-state index < -0.39 is 0 Å². The molecule has 0 aliphatic heterocycles. The van der Waals surface area contributed by atoms with E-state index in [4.69, 9.17) is 0 Å². The van der Waals surface area contributed by atoms with E-state index in [1.54, 1.807) is 0 Å². The Kier molecular flexibility index (Phi) is 4.33.